The van der Waals surface area contributed by atoms with Crippen LogP contribution < -0.4 is 0 Å². The predicted octanol–water partition coefficient (Wildman–Crippen LogP) is 4.94. The van der Waals surface area contributed by atoms with Gasteiger partial charge in [-0.25, -0.2) is 0 Å². The fraction of sp³-hybridized carbons (Fsp3) is 0.125. The van der Waals surface area contributed by atoms with Crippen LogP contribution in [-0.4, -0.2) is 5.75 Å². The van der Waals surface area contributed by atoms with Gasteiger partial charge in [0.05, 0.1) is 0 Å². The van der Waals surface area contributed by atoms with Crippen LogP contribution >= 0.6 is 11.8 Å². The lowest BCUT2D eigenvalue weighted by molar-refractivity contribution is 1.53. The Morgan fingerprint density at radius 2 is 1.53 bits per heavy atom. The fourth-order valence-corrected chi connectivity index (χ4v) is 2.50. The van der Waals surface area contributed by atoms with E-state index in [1.165, 1.54) is 16.0 Å². The molecule has 0 unspecified atom stereocenters. The molecule has 0 bridgehead atoms. The Balaban J connectivity index is 2.33. The Morgan fingerprint density at radius 1 is 0.941 bits per heavy atom. The van der Waals surface area contributed by atoms with Crippen molar-refractivity contribution < 1.29 is 0 Å². The molecule has 17 heavy (non-hydrogen) atoms. The van der Waals surface area contributed by atoms with Gasteiger partial charge >= 0.3 is 0 Å². The molecule has 0 fully saturated rings. The molecule has 0 atom stereocenters. The van der Waals surface area contributed by atoms with Crippen molar-refractivity contribution in [3.63, 3.8) is 0 Å². The summed E-state index contributed by atoms with van der Waals surface area (Å²) < 4.78 is 0. The Morgan fingerprint density at radius 3 is 2.12 bits per heavy atom. The maximum absolute atomic E-state index is 2.25. The van der Waals surface area contributed by atoms with E-state index < -0.39 is 0 Å². The summed E-state index contributed by atoms with van der Waals surface area (Å²) in [6.45, 7) is 2.19. The second-order valence-corrected chi connectivity index (χ2v) is 5.02. The highest BCUT2D eigenvalue weighted by atomic mass is 32.2. The highest BCUT2D eigenvalue weighted by Gasteiger charge is 2.00. The molecule has 2 rings (SSSR count). The molecule has 0 saturated heterocycles. The number of hydrogen-bond acceptors (Lipinski definition) is 1. The molecule has 0 saturated carbocycles. The van der Waals surface area contributed by atoms with Crippen molar-refractivity contribution in [3.05, 3.63) is 71.8 Å². The van der Waals surface area contributed by atoms with Gasteiger partial charge in [-0.1, -0.05) is 67.6 Å². The van der Waals surface area contributed by atoms with Crippen LogP contribution in [0.25, 0.3) is 11.0 Å². The maximum atomic E-state index is 2.25. The molecule has 0 aliphatic heterocycles. The summed E-state index contributed by atoms with van der Waals surface area (Å²) in [5, 5.41) is 0. The van der Waals surface area contributed by atoms with Gasteiger partial charge in [0.25, 0.3) is 0 Å². The zero-order valence-electron chi connectivity index (χ0n) is 9.97. The predicted molar refractivity (Wildman–Crippen MR) is 78.9 cm³/mol. The monoisotopic (exact) mass is 240 g/mol. The van der Waals surface area contributed by atoms with Crippen LogP contribution in [0.4, 0.5) is 0 Å². The van der Waals surface area contributed by atoms with Crippen molar-refractivity contribution in [2.45, 2.75) is 6.92 Å². The lowest BCUT2D eigenvalue weighted by Crippen LogP contribution is -1.81. The molecular weight excluding hydrogens is 224 g/mol. The van der Waals surface area contributed by atoms with Crippen molar-refractivity contribution in [1.82, 2.24) is 0 Å². The first-order chi connectivity index (χ1) is 8.40. The SMILES string of the molecule is CCSC(=Cc1ccccc1)c1ccccc1. The molecule has 0 amide bonds. The molecule has 0 N–H and O–H groups in total. The lowest BCUT2D eigenvalue weighted by Gasteiger charge is -2.06. The Bertz CT molecular complexity index is 471. The van der Waals surface area contributed by atoms with Gasteiger partial charge in [0.2, 0.25) is 0 Å². The van der Waals surface area contributed by atoms with Crippen LogP contribution in [0.5, 0.6) is 0 Å². The zero-order valence-corrected chi connectivity index (χ0v) is 10.8. The molecule has 2 aromatic rings. The smallest absolute Gasteiger partial charge is 0.0150 e. The van der Waals surface area contributed by atoms with Crippen molar-refractivity contribution in [3.8, 4) is 0 Å². The molecule has 0 spiro atoms. The van der Waals surface area contributed by atoms with Gasteiger partial charge in [-0.2, -0.15) is 0 Å². The number of rotatable bonds is 4. The third-order valence-corrected chi connectivity index (χ3v) is 3.41. The van der Waals surface area contributed by atoms with Crippen molar-refractivity contribution in [2.24, 2.45) is 0 Å². The summed E-state index contributed by atoms with van der Waals surface area (Å²) in [6.07, 6.45) is 2.25. The number of hydrogen-bond donors (Lipinski definition) is 0. The van der Waals surface area contributed by atoms with E-state index >= 15 is 0 Å². The van der Waals surface area contributed by atoms with Crippen LogP contribution in [-0.2, 0) is 0 Å². The van der Waals surface area contributed by atoms with Gasteiger partial charge in [0, 0.05) is 4.91 Å². The van der Waals surface area contributed by atoms with Crippen molar-refractivity contribution in [2.75, 3.05) is 5.75 Å². The standard InChI is InChI=1S/C16H16S/c1-2-17-16(15-11-7-4-8-12-15)13-14-9-5-3-6-10-14/h3-13H,2H2,1H3. The van der Waals surface area contributed by atoms with Gasteiger partial charge in [0.15, 0.2) is 0 Å². The molecule has 0 aliphatic carbocycles. The highest BCUT2D eigenvalue weighted by molar-refractivity contribution is 8.08. The Kier molecular flexibility index (Phi) is 4.45. The highest BCUT2D eigenvalue weighted by Crippen LogP contribution is 2.29. The summed E-state index contributed by atoms with van der Waals surface area (Å²) in [5.41, 5.74) is 2.55. The molecular formula is C16H16S. The van der Waals surface area contributed by atoms with Crippen LogP contribution in [0.1, 0.15) is 18.1 Å². The van der Waals surface area contributed by atoms with Gasteiger partial charge < -0.3 is 0 Å². The average Bonchev–Trinajstić information content (AvgIpc) is 2.40. The van der Waals surface area contributed by atoms with Gasteiger partial charge in [-0.05, 0) is 23.0 Å². The van der Waals surface area contributed by atoms with Crippen LogP contribution in [0, 0.1) is 0 Å². The summed E-state index contributed by atoms with van der Waals surface area (Å²) >= 11 is 1.89. The quantitative estimate of drug-likeness (QED) is 0.682. The van der Waals surface area contributed by atoms with Crippen LogP contribution in [0.2, 0.25) is 0 Å². The third kappa shape index (κ3) is 3.50. The second-order valence-electron chi connectivity index (χ2n) is 3.72. The van der Waals surface area contributed by atoms with E-state index in [-0.39, 0.29) is 0 Å². The molecule has 0 radical (unpaired) electrons. The average molecular weight is 240 g/mol. The lowest BCUT2D eigenvalue weighted by atomic mass is 10.1. The van der Waals surface area contributed by atoms with E-state index in [0.717, 1.165) is 5.75 Å². The minimum atomic E-state index is 1.09. The normalized spacial score (nSPS) is 11.5. The van der Waals surface area contributed by atoms with E-state index in [2.05, 4.69) is 67.6 Å². The van der Waals surface area contributed by atoms with E-state index in [4.69, 9.17) is 0 Å². The van der Waals surface area contributed by atoms with Gasteiger partial charge in [-0.15, -0.1) is 11.8 Å². The second kappa shape index (κ2) is 6.31. The Hall–Kier alpha value is -1.47. The van der Waals surface area contributed by atoms with E-state index in [1.54, 1.807) is 0 Å². The summed E-state index contributed by atoms with van der Waals surface area (Å²) in [6, 6.07) is 21.0. The molecule has 0 aliphatic rings. The van der Waals surface area contributed by atoms with Crippen molar-refractivity contribution in [1.29, 1.82) is 0 Å². The zero-order chi connectivity index (χ0) is 11.9. The van der Waals surface area contributed by atoms with Crippen LogP contribution in [0.15, 0.2) is 60.7 Å². The molecule has 1 heteroatoms. The minimum Gasteiger partial charge on any atom is -0.126 e. The number of thioether (sulfide) groups is 1. The first kappa shape index (κ1) is 12.0. The first-order valence-electron chi connectivity index (χ1n) is 5.85. The van der Waals surface area contributed by atoms with Gasteiger partial charge in [0.1, 0.15) is 0 Å². The fourth-order valence-electron chi connectivity index (χ4n) is 1.67. The van der Waals surface area contributed by atoms with E-state index in [1.807, 2.05) is 17.8 Å². The van der Waals surface area contributed by atoms with Gasteiger partial charge in [-0.3, -0.25) is 0 Å². The van der Waals surface area contributed by atoms with Crippen LogP contribution in [0.3, 0.4) is 0 Å². The topological polar surface area (TPSA) is 0 Å². The van der Waals surface area contributed by atoms with E-state index in [9.17, 15) is 0 Å². The Labute approximate surface area is 107 Å². The molecule has 2 aromatic carbocycles. The summed E-state index contributed by atoms with van der Waals surface area (Å²) in [5.74, 6) is 1.09. The maximum Gasteiger partial charge on any atom is 0.0150 e. The molecule has 0 aromatic heterocycles. The van der Waals surface area contributed by atoms with Crippen molar-refractivity contribution >= 4 is 22.7 Å². The molecule has 86 valence electrons. The third-order valence-electron chi connectivity index (χ3n) is 2.46. The van der Waals surface area contributed by atoms with E-state index in [0.29, 0.717) is 0 Å². The number of benzene rings is 2. The molecule has 0 heterocycles. The largest absolute Gasteiger partial charge is 0.126 e. The molecule has 0 nitrogen and oxygen atoms in total. The first-order valence-corrected chi connectivity index (χ1v) is 6.83. The minimum absolute atomic E-state index is 1.09. The summed E-state index contributed by atoms with van der Waals surface area (Å²) in [4.78, 5) is 1.33. The summed E-state index contributed by atoms with van der Waals surface area (Å²) in [7, 11) is 0.